The Morgan fingerprint density at radius 2 is 0.556 bits per heavy atom. The van der Waals surface area contributed by atoms with E-state index in [4.69, 9.17) is 0 Å². The van der Waals surface area contributed by atoms with Gasteiger partial charge in [0, 0.05) is 0 Å². The number of halogens is 1. The summed E-state index contributed by atoms with van der Waals surface area (Å²) in [5, 5.41) is 0. The largest absolute Gasteiger partial charge is 1.00 e. The molecule has 0 radical (unpaired) electrons. The van der Waals surface area contributed by atoms with Crippen molar-refractivity contribution in [3.05, 3.63) is 121 Å². The molecule has 4 rings (SSSR count). The van der Waals surface area contributed by atoms with E-state index < -0.39 is 7.87 Å². The van der Waals surface area contributed by atoms with Crippen LogP contribution in [0.1, 0.15) is 187 Å². The number of unbranched alkanes of at least 4 members (excludes halogenated alkanes) is 20. The van der Waals surface area contributed by atoms with Gasteiger partial charge in [-0.25, -0.2) is 0 Å². The molecule has 0 aliphatic carbocycles. The molecule has 0 spiro atoms. The predicted molar refractivity (Wildman–Crippen MR) is 280 cm³/mol. The first-order chi connectivity index (χ1) is 30.6. The third-order valence-electron chi connectivity index (χ3n) is 12.7. The second-order valence-corrected chi connectivity index (χ2v) is 20.9. The molecule has 0 heterocycles. The lowest BCUT2D eigenvalue weighted by atomic mass is 10.1. The summed E-state index contributed by atoms with van der Waals surface area (Å²) in [6, 6.07) is 44.5. The van der Waals surface area contributed by atoms with Crippen molar-refractivity contribution in [3.8, 4) is 0 Å². The van der Waals surface area contributed by atoms with Crippen molar-refractivity contribution >= 4 is 30.6 Å². The van der Waals surface area contributed by atoms with Gasteiger partial charge in [0.05, 0.1) is 48.9 Å². The van der Waals surface area contributed by atoms with E-state index in [9.17, 15) is 0 Å². The van der Waals surface area contributed by atoms with Crippen molar-refractivity contribution in [2.45, 2.75) is 189 Å². The van der Waals surface area contributed by atoms with Crippen LogP contribution in [0.3, 0.4) is 0 Å². The maximum Gasteiger partial charge on any atom is 0.405 e. The van der Waals surface area contributed by atoms with Crippen LogP contribution >= 0.6 is 7.87 Å². The lowest BCUT2D eigenvalue weighted by molar-refractivity contribution is -0.0000130. The van der Waals surface area contributed by atoms with Crippen LogP contribution < -0.4 is 42.7 Å². The number of nitrogens with zero attached hydrogens (tertiary/aromatic N) is 4. The van der Waals surface area contributed by atoms with E-state index in [1.165, 1.54) is 182 Å². The van der Waals surface area contributed by atoms with Crippen molar-refractivity contribution in [1.82, 2.24) is 0 Å². The molecule has 63 heavy (non-hydrogen) atoms. The second kappa shape index (κ2) is 33.7. The van der Waals surface area contributed by atoms with Gasteiger partial charge in [-0.05, 0) is 80.6 Å². The van der Waals surface area contributed by atoms with E-state index in [0.717, 1.165) is 26.2 Å². The fraction of sp³-hybridized carbons (Fsp3) is 0.579. The zero-order valence-corrected chi connectivity index (χ0v) is 43.9. The van der Waals surface area contributed by atoms with E-state index in [1.807, 2.05) is 0 Å². The van der Waals surface area contributed by atoms with Gasteiger partial charge < -0.3 is 24.0 Å². The molecule has 4 nitrogen and oxygen atoms in total. The molecule has 0 atom stereocenters. The minimum Gasteiger partial charge on any atom is -1.00 e. The van der Waals surface area contributed by atoms with E-state index >= 15 is 0 Å². The maximum absolute atomic E-state index is 3.03. The van der Waals surface area contributed by atoms with Crippen molar-refractivity contribution in [1.29, 1.82) is 0 Å². The van der Waals surface area contributed by atoms with Crippen LogP contribution in [0.25, 0.3) is 0 Å². The minimum atomic E-state index is -2.76. The quantitative estimate of drug-likeness (QED) is 0.0256. The molecule has 0 saturated heterocycles. The molecule has 350 valence electrons. The highest BCUT2D eigenvalue weighted by Crippen LogP contribution is 2.74. The average molecular weight is 989 g/mol. The molecule has 0 aromatic heterocycles. The summed E-state index contributed by atoms with van der Waals surface area (Å²) in [5.41, 5.74) is 6.82. The minimum absolute atomic E-state index is 0. The molecule has 6 heteroatoms. The molecule has 0 amide bonds. The zero-order valence-electron chi connectivity index (χ0n) is 40.9. The summed E-state index contributed by atoms with van der Waals surface area (Å²) in [5.74, 6) is 0. The Morgan fingerprint density at radius 3 is 0.857 bits per heavy atom. The number of benzene rings is 4. The SMILES string of the molecule is CCCCCCCCN(c1ccccc1)[P+](N(CCCCCCCC)c1ccccc1)(N(CCCCCCCC)c1ccccc1)N(CCCCCCCC)c1ccccc1C.[I-]. The van der Waals surface area contributed by atoms with Gasteiger partial charge in [-0.15, -0.1) is 0 Å². The van der Waals surface area contributed by atoms with Gasteiger partial charge in [-0.3, -0.25) is 0 Å². The molecule has 0 aliphatic heterocycles. The van der Waals surface area contributed by atoms with Crippen molar-refractivity contribution in [2.75, 3.05) is 44.9 Å². The lowest BCUT2D eigenvalue weighted by Gasteiger charge is -2.53. The topological polar surface area (TPSA) is 13.0 Å². The zero-order chi connectivity index (χ0) is 43.9. The number of hydrogen-bond acceptors (Lipinski definition) is 4. The smallest absolute Gasteiger partial charge is 0.405 e. The monoisotopic (exact) mass is 989 g/mol. The molecule has 0 bridgehead atoms. The van der Waals surface area contributed by atoms with Crippen molar-refractivity contribution < 1.29 is 24.0 Å². The van der Waals surface area contributed by atoms with Crippen molar-refractivity contribution in [2.24, 2.45) is 0 Å². The number of hydrogen-bond donors (Lipinski definition) is 0. The van der Waals surface area contributed by atoms with Gasteiger partial charge in [0.15, 0.2) is 0 Å². The Labute approximate surface area is 406 Å². The molecule has 0 saturated carbocycles. The molecular formula is C57H90IN4P. The lowest BCUT2D eigenvalue weighted by Crippen LogP contribution is -3.00. The molecular weight excluding hydrogens is 899 g/mol. The summed E-state index contributed by atoms with van der Waals surface area (Å²) >= 11 is 0. The number of para-hydroxylation sites is 4. The Balaban J connectivity index is 0.0000106. The van der Waals surface area contributed by atoms with Crippen LogP contribution in [0.5, 0.6) is 0 Å². The van der Waals surface area contributed by atoms with Crippen LogP contribution in [-0.2, 0) is 0 Å². The normalized spacial score (nSPS) is 11.3. The third-order valence-corrected chi connectivity index (χ3v) is 17.0. The highest BCUT2D eigenvalue weighted by Gasteiger charge is 2.63. The Morgan fingerprint density at radius 1 is 0.302 bits per heavy atom. The summed E-state index contributed by atoms with van der Waals surface area (Å²) in [4.78, 5) is 0. The third kappa shape index (κ3) is 17.9. The average Bonchev–Trinajstić information content (AvgIpc) is 3.31. The van der Waals surface area contributed by atoms with Gasteiger partial charge in [0.25, 0.3) is 0 Å². The Bertz CT molecular complexity index is 1510. The highest BCUT2D eigenvalue weighted by atomic mass is 127. The molecule has 0 unspecified atom stereocenters. The Kier molecular flexibility index (Phi) is 29.2. The molecule has 0 N–H and O–H groups in total. The molecule has 4 aromatic rings. The Hall–Kier alpha value is -2.76. The second-order valence-electron chi connectivity index (χ2n) is 17.9. The van der Waals surface area contributed by atoms with E-state index in [0.29, 0.717) is 0 Å². The predicted octanol–water partition coefficient (Wildman–Crippen LogP) is 15.4. The molecule has 4 aromatic carbocycles. The van der Waals surface area contributed by atoms with E-state index in [2.05, 4.69) is 169 Å². The fourth-order valence-corrected chi connectivity index (χ4v) is 14.3. The van der Waals surface area contributed by atoms with Gasteiger partial charge in [0.2, 0.25) is 0 Å². The highest BCUT2D eigenvalue weighted by molar-refractivity contribution is 7.81. The fourth-order valence-electron chi connectivity index (χ4n) is 9.26. The first-order valence-electron chi connectivity index (χ1n) is 25.8. The van der Waals surface area contributed by atoms with Crippen LogP contribution in [0.2, 0.25) is 0 Å². The van der Waals surface area contributed by atoms with Crippen molar-refractivity contribution in [3.63, 3.8) is 0 Å². The molecule has 0 aliphatic rings. The van der Waals surface area contributed by atoms with Crippen LogP contribution in [0.15, 0.2) is 115 Å². The standard InChI is InChI=1S/C57H90N4P.HI/c1-6-10-14-18-22-37-49-58(54-42-29-26-30-43-54)62(59(55-44-31-27-32-45-55)50-38-23-19-15-11-7-2,60(56-46-33-28-34-47-56)51-39-24-20-16-12-8-3)61(52-40-25-21-17-13-9-4)57-48-36-35-41-53(57)5;/h26-36,41-48H,6-25,37-40,49-52H2,1-5H3;1H/q+1;/p-1. The number of anilines is 4. The van der Waals surface area contributed by atoms with E-state index in [1.54, 1.807) is 0 Å². The van der Waals surface area contributed by atoms with Gasteiger partial charge in [0.1, 0.15) is 0 Å². The molecule has 0 fully saturated rings. The summed E-state index contributed by atoms with van der Waals surface area (Å²) in [7, 11) is -2.76. The number of rotatable bonds is 36. The van der Waals surface area contributed by atoms with E-state index in [-0.39, 0.29) is 24.0 Å². The van der Waals surface area contributed by atoms with Gasteiger partial charge >= 0.3 is 7.87 Å². The first kappa shape index (κ1) is 54.6. The van der Waals surface area contributed by atoms with Crippen LogP contribution in [0, 0.1) is 6.92 Å². The first-order valence-corrected chi connectivity index (χ1v) is 27.4. The van der Waals surface area contributed by atoms with Gasteiger partial charge in [-0.1, -0.05) is 229 Å². The summed E-state index contributed by atoms with van der Waals surface area (Å²) in [6.07, 6.45) is 30.8. The van der Waals surface area contributed by atoms with Crippen LogP contribution in [0.4, 0.5) is 22.7 Å². The maximum atomic E-state index is 3.03. The van der Waals surface area contributed by atoms with Gasteiger partial charge in [-0.2, -0.15) is 18.7 Å². The number of aryl methyl sites for hydroxylation is 1. The van der Waals surface area contributed by atoms with Crippen LogP contribution in [-0.4, -0.2) is 26.2 Å². The summed E-state index contributed by atoms with van der Waals surface area (Å²) in [6.45, 7) is 15.8. The summed E-state index contributed by atoms with van der Waals surface area (Å²) < 4.78 is 12.0.